The van der Waals surface area contributed by atoms with E-state index in [0.29, 0.717) is 11.3 Å². The van der Waals surface area contributed by atoms with E-state index in [2.05, 4.69) is 11.4 Å². The summed E-state index contributed by atoms with van der Waals surface area (Å²) in [4.78, 5) is 28.0. The van der Waals surface area contributed by atoms with E-state index in [1.807, 2.05) is 24.3 Å². The van der Waals surface area contributed by atoms with Gasteiger partial charge in [0, 0.05) is 12.5 Å². The number of nitriles is 1. The second kappa shape index (κ2) is 10.8. The summed E-state index contributed by atoms with van der Waals surface area (Å²) in [5, 5.41) is 12.6. The molecule has 0 unspecified atom stereocenters. The third-order valence-electron chi connectivity index (χ3n) is 7.25. The average Bonchev–Trinajstić information content (AvgIpc) is 3.50. The van der Waals surface area contributed by atoms with Crippen molar-refractivity contribution in [3.8, 4) is 17.2 Å². The van der Waals surface area contributed by atoms with Crippen LogP contribution in [-0.4, -0.2) is 54.8 Å². The van der Waals surface area contributed by atoms with E-state index in [9.17, 15) is 23.3 Å². The number of nitrogens with zero attached hydrogens (tertiary/aromatic N) is 2. The lowest BCUT2D eigenvalue weighted by atomic mass is 9.97. The summed E-state index contributed by atoms with van der Waals surface area (Å²) < 4.78 is 29.7. The highest BCUT2D eigenvalue weighted by Gasteiger charge is 2.52. The van der Waals surface area contributed by atoms with Gasteiger partial charge in [-0.1, -0.05) is 43.3 Å². The van der Waals surface area contributed by atoms with Crippen molar-refractivity contribution in [1.82, 2.24) is 10.2 Å². The molecule has 2 aromatic rings. The summed E-state index contributed by atoms with van der Waals surface area (Å²) in [6.45, 7) is 7.03. The van der Waals surface area contributed by atoms with Crippen molar-refractivity contribution < 1.29 is 22.7 Å². The number of ether oxygens (including phenoxy) is 1. The van der Waals surface area contributed by atoms with Gasteiger partial charge in [0.2, 0.25) is 5.91 Å². The van der Waals surface area contributed by atoms with Gasteiger partial charge in [0.25, 0.3) is 0 Å². The molecule has 4 rings (SSSR count). The molecule has 0 spiro atoms. The number of piperidine rings is 1. The monoisotopic (exact) mass is 537 g/mol. The number of fused-ring (bicyclic) bond motifs is 2. The Balaban J connectivity index is 1.41. The molecule has 9 heteroatoms. The van der Waals surface area contributed by atoms with Gasteiger partial charge in [0.1, 0.15) is 17.7 Å². The first-order valence-corrected chi connectivity index (χ1v) is 14.7. The first kappa shape index (κ1) is 27.6. The number of carbonyl (C=O) groups excluding carboxylic acids is 2. The average molecular weight is 538 g/mol. The molecule has 0 aromatic heterocycles. The number of benzene rings is 2. The lowest BCUT2D eigenvalue weighted by Gasteiger charge is -2.35. The largest absolute Gasteiger partial charge is 0.444 e. The zero-order valence-electron chi connectivity index (χ0n) is 22.3. The maximum atomic E-state index is 13.3. The van der Waals surface area contributed by atoms with Gasteiger partial charge in [-0.3, -0.25) is 9.69 Å². The van der Waals surface area contributed by atoms with Crippen LogP contribution in [0.3, 0.4) is 0 Å². The highest BCUT2D eigenvalue weighted by Crippen LogP contribution is 2.43. The molecule has 4 atom stereocenters. The third-order valence-corrected chi connectivity index (χ3v) is 9.00. The number of nitrogens with one attached hydrogen (secondary N) is 1. The molecule has 2 fully saturated rings. The number of likely N-dealkylation sites (tertiary alicyclic amines) is 1. The standard InChI is InChI=1S/C29H35N3O5S/c1-5-38(35,36)25-14-11-21(12-15-25)20-8-6-19(7-9-20)16-23(18-30)31-27(33)26-22-10-13-24(17-22)32(26)28(34)37-29(2,3)4/h6-9,11-12,14-15,22-24,26H,5,10,13,16-17H2,1-4H3,(H,31,33)/t22-,23-,24+,26-/m0/s1. The minimum Gasteiger partial charge on any atom is -0.444 e. The van der Waals surface area contributed by atoms with Gasteiger partial charge in [-0.2, -0.15) is 5.26 Å². The van der Waals surface area contributed by atoms with Gasteiger partial charge in [0.15, 0.2) is 9.84 Å². The van der Waals surface area contributed by atoms with Crippen LogP contribution >= 0.6 is 0 Å². The third kappa shape index (κ3) is 6.02. The lowest BCUT2D eigenvalue weighted by molar-refractivity contribution is -0.128. The van der Waals surface area contributed by atoms with E-state index in [0.717, 1.165) is 36.0 Å². The quantitative estimate of drug-likeness (QED) is 0.556. The number of sulfone groups is 1. The molecule has 0 radical (unpaired) electrons. The van der Waals surface area contributed by atoms with Crippen LogP contribution < -0.4 is 5.32 Å². The predicted octanol–water partition coefficient (Wildman–Crippen LogP) is 4.49. The number of hydrogen-bond donors (Lipinski definition) is 1. The molecule has 2 aromatic carbocycles. The maximum absolute atomic E-state index is 13.3. The van der Waals surface area contributed by atoms with Gasteiger partial charge in [-0.15, -0.1) is 0 Å². The lowest BCUT2D eigenvalue weighted by Crippen LogP contribution is -2.55. The molecule has 2 bridgehead atoms. The Morgan fingerprint density at radius 2 is 1.68 bits per heavy atom. The highest BCUT2D eigenvalue weighted by atomic mass is 32.2. The normalized spacial score (nSPS) is 21.6. The summed E-state index contributed by atoms with van der Waals surface area (Å²) in [6.07, 6.45) is 2.37. The number of hydrogen-bond acceptors (Lipinski definition) is 6. The van der Waals surface area contributed by atoms with Gasteiger partial charge in [0.05, 0.1) is 16.7 Å². The van der Waals surface area contributed by atoms with Crippen LogP contribution in [0.5, 0.6) is 0 Å². The van der Waals surface area contributed by atoms with Gasteiger partial charge in [-0.05, 0) is 74.8 Å². The van der Waals surface area contributed by atoms with E-state index in [1.165, 1.54) is 0 Å². The van der Waals surface area contributed by atoms with Crippen LogP contribution in [0.4, 0.5) is 4.79 Å². The first-order chi connectivity index (χ1) is 17.9. The fourth-order valence-electron chi connectivity index (χ4n) is 5.38. The minimum atomic E-state index is -3.25. The fraction of sp³-hybridized carbons (Fsp3) is 0.483. The van der Waals surface area contributed by atoms with E-state index in [4.69, 9.17) is 4.74 Å². The molecule has 1 N–H and O–H groups in total. The van der Waals surface area contributed by atoms with Crippen molar-refractivity contribution in [1.29, 1.82) is 5.26 Å². The Morgan fingerprint density at radius 1 is 1.08 bits per heavy atom. The molecule has 2 aliphatic rings. The molecule has 1 heterocycles. The Kier molecular flexibility index (Phi) is 7.84. The number of rotatable bonds is 7. The van der Waals surface area contributed by atoms with Crippen molar-refractivity contribution in [3.05, 3.63) is 54.1 Å². The van der Waals surface area contributed by atoms with Crippen LogP contribution in [0.15, 0.2) is 53.4 Å². The van der Waals surface area contributed by atoms with E-state index in [-0.39, 0.29) is 23.6 Å². The molecule has 2 amide bonds. The molecule has 1 saturated heterocycles. The second-order valence-corrected chi connectivity index (χ2v) is 13.4. The zero-order valence-corrected chi connectivity index (χ0v) is 23.1. The fourth-order valence-corrected chi connectivity index (χ4v) is 6.26. The summed E-state index contributed by atoms with van der Waals surface area (Å²) >= 11 is 0. The van der Waals surface area contributed by atoms with Crippen molar-refractivity contribution in [2.45, 2.75) is 82.0 Å². The molecule has 8 nitrogen and oxygen atoms in total. The topological polar surface area (TPSA) is 117 Å². The highest BCUT2D eigenvalue weighted by molar-refractivity contribution is 7.91. The molecular weight excluding hydrogens is 502 g/mol. The molecular formula is C29H35N3O5S. The Morgan fingerprint density at radius 3 is 2.24 bits per heavy atom. The van der Waals surface area contributed by atoms with Crippen LogP contribution in [0.1, 0.15) is 52.5 Å². The van der Waals surface area contributed by atoms with E-state index in [1.54, 1.807) is 56.9 Å². The second-order valence-electron chi connectivity index (χ2n) is 11.1. The summed E-state index contributed by atoms with van der Waals surface area (Å²) in [7, 11) is -3.25. The van der Waals surface area contributed by atoms with Crippen molar-refractivity contribution in [2.75, 3.05) is 5.75 Å². The Bertz CT molecular complexity index is 1320. The molecule has 1 aliphatic carbocycles. The van der Waals surface area contributed by atoms with Crippen LogP contribution in [-0.2, 0) is 25.8 Å². The number of carbonyl (C=O) groups is 2. The smallest absolute Gasteiger partial charge is 0.411 e. The number of amides is 2. The SMILES string of the molecule is CCS(=O)(=O)c1ccc(-c2ccc(C[C@@H](C#N)NC(=O)[C@@H]3[C@H]4CC[C@H](C4)N3C(=O)OC(C)(C)C)cc2)cc1. The molecule has 38 heavy (non-hydrogen) atoms. The Hall–Kier alpha value is -3.38. The van der Waals surface area contributed by atoms with Crippen molar-refractivity contribution >= 4 is 21.8 Å². The van der Waals surface area contributed by atoms with Gasteiger partial charge < -0.3 is 10.1 Å². The molecule has 1 aliphatic heterocycles. The summed E-state index contributed by atoms with van der Waals surface area (Å²) in [5.41, 5.74) is 2.02. The van der Waals surface area contributed by atoms with E-state index >= 15 is 0 Å². The first-order valence-electron chi connectivity index (χ1n) is 13.1. The van der Waals surface area contributed by atoms with Crippen molar-refractivity contribution in [3.63, 3.8) is 0 Å². The zero-order chi connectivity index (χ0) is 27.7. The van der Waals surface area contributed by atoms with Crippen LogP contribution in [0, 0.1) is 17.2 Å². The van der Waals surface area contributed by atoms with Crippen LogP contribution in [0.2, 0.25) is 0 Å². The molecule has 202 valence electrons. The van der Waals surface area contributed by atoms with Crippen LogP contribution in [0.25, 0.3) is 11.1 Å². The Labute approximate surface area is 224 Å². The van der Waals surface area contributed by atoms with E-state index < -0.39 is 33.6 Å². The maximum Gasteiger partial charge on any atom is 0.411 e. The molecule has 1 saturated carbocycles. The minimum absolute atomic E-state index is 0.00479. The summed E-state index contributed by atoms with van der Waals surface area (Å²) in [6, 6.07) is 15.2. The van der Waals surface area contributed by atoms with Gasteiger partial charge in [-0.25, -0.2) is 13.2 Å². The van der Waals surface area contributed by atoms with Crippen molar-refractivity contribution in [2.24, 2.45) is 5.92 Å². The predicted molar refractivity (Wildman–Crippen MR) is 144 cm³/mol. The summed E-state index contributed by atoms with van der Waals surface area (Å²) in [5.74, 6) is -0.184. The van der Waals surface area contributed by atoms with Gasteiger partial charge >= 0.3 is 6.09 Å².